The lowest BCUT2D eigenvalue weighted by atomic mass is 9.72. The summed E-state index contributed by atoms with van der Waals surface area (Å²) in [6, 6.07) is 14.8. The van der Waals surface area contributed by atoms with Gasteiger partial charge in [-0.05, 0) is 48.7 Å². The first kappa shape index (κ1) is 18.5. The molecule has 30 heavy (non-hydrogen) atoms. The summed E-state index contributed by atoms with van der Waals surface area (Å²) >= 11 is 0. The lowest BCUT2D eigenvalue weighted by Crippen LogP contribution is -2.43. The Morgan fingerprint density at radius 2 is 1.97 bits per heavy atom. The first-order valence-corrected chi connectivity index (χ1v) is 10.1. The van der Waals surface area contributed by atoms with Gasteiger partial charge in [-0.2, -0.15) is 5.10 Å². The maximum atomic E-state index is 13.7. The summed E-state index contributed by atoms with van der Waals surface area (Å²) in [5, 5.41) is 7.21. The van der Waals surface area contributed by atoms with Crippen molar-refractivity contribution < 1.29 is 14.0 Å². The Bertz CT molecular complexity index is 1140. The van der Waals surface area contributed by atoms with Gasteiger partial charge < -0.3 is 10.2 Å². The molecule has 2 amide bonds. The Kier molecular flexibility index (Phi) is 4.20. The van der Waals surface area contributed by atoms with Crippen molar-refractivity contribution >= 4 is 17.5 Å². The van der Waals surface area contributed by atoms with Crippen molar-refractivity contribution in [1.29, 1.82) is 0 Å². The van der Waals surface area contributed by atoms with Gasteiger partial charge in [0.15, 0.2) is 0 Å². The number of aromatic nitrogens is 2. The van der Waals surface area contributed by atoms with Crippen molar-refractivity contribution in [2.45, 2.75) is 31.3 Å². The molecule has 3 aromatic rings. The van der Waals surface area contributed by atoms with Crippen LogP contribution < -0.4 is 5.32 Å². The van der Waals surface area contributed by atoms with Crippen molar-refractivity contribution in [3.05, 3.63) is 83.4 Å². The van der Waals surface area contributed by atoms with E-state index >= 15 is 0 Å². The highest BCUT2D eigenvalue weighted by atomic mass is 19.1. The topological polar surface area (TPSA) is 67.2 Å². The minimum atomic E-state index is -0.916. The number of anilines is 1. The lowest BCUT2D eigenvalue weighted by molar-refractivity contribution is -0.121. The van der Waals surface area contributed by atoms with Crippen molar-refractivity contribution in [1.82, 2.24) is 14.7 Å². The van der Waals surface area contributed by atoms with Gasteiger partial charge >= 0.3 is 0 Å². The Balaban J connectivity index is 1.67. The number of fused-ring (bicyclic) bond motifs is 2. The minimum Gasteiger partial charge on any atom is -0.329 e. The number of benzene rings is 2. The number of nitrogens with one attached hydrogen (secondary N) is 1. The molecule has 2 aliphatic rings. The summed E-state index contributed by atoms with van der Waals surface area (Å²) in [7, 11) is 0. The van der Waals surface area contributed by atoms with Gasteiger partial charge in [-0.3, -0.25) is 14.3 Å². The SMILES string of the molecule is CCn1nccc1C(=O)N1CC[C@]2(C(=O)Nc3ccccc32)[C@@H]1c1ccc(F)cc1. The van der Waals surface area contributed by atoms with Gasteiger partial charge in [0.05, 0.1) is 6.04 Å². The number of likely N-dealkylation sites (tertiary alicyclic amines) is 1. The number of rotatable bonds is 3. The maximum absolute atomic E-state index is 13.7. The second-order valence-electron chi connectivity index (χ2n) is 7.71. The summed E-state index contributed by atoms with van der Waals surface area (Å²) in [5.74, 6) is -0.668. The van der Waals surface area contributed by atoms with Crippen LogP contribution in [0.2, 0.25) is 0 Å². The fourth-order valence-corrected chi connectivity index (χ4v) is 4.93. The maximum Gasteiger partial charge on any atom is 0.272 e. The lowest BCUT2D eigenvalue weighted by Gasteiger charge is -2.34. The van der Waals surface area contributed by atoms with Crippen molar-refractivity contribution in [3.63, 3.8) is 0 Å². The molecule has 1 N–H and O–H groups in total. The van der Waals surface area contributed by atoms with E-state index in [2.05, 4.69) is 10.4 Å². The highest BCUT2D eigenvalue weighted by Crippen LogP contribution is 2.54. The molecule has 7 heteroatoms. The normalized spacial score (nSPS) is 22.4. The summed E-state index contributed by atoms with van der Waals surface area (Å²) in [6.45, 7) is 2.91. The molecule has 1 saturated heterocycles. The van der Waals surface area contributed by atoms with Crippen LogP contribution >= 0.6 is 0 Å². The molecule has 3 heterocycles. The van der Waals surface area contributed by atoms with E-state index < -0.39 is 11.5 Å². The van der Waals surface area contributed by atoms with Gasteiger partial charge in [0.2, 0.25) is 5.91 Å². The molecule has 0 aliphatic carbocycles. The zero-order chi connectivity index (χ0) is 20.9. The van der Waals surface area contributed by atoms with Crippen molar-refractivity contribution in [2.75, 3.05) is 11.9 Å². The zero-order valence-electron chi connectivity index (χ0n) is 16.5. The smallest absolute Gasteiger partial charge is 0.272 e. The van der Waals surface area contributed by atoms with Crippen LogP contribution in [0.15, 0.2) is 60.8 Å². The second kappa shape index (κ2) is 6.79. The molecule has 2 aromatic carbocycles. The molecular weight excluding hydrogens is 383 g/mol. The van der Waals surface area contributed by atoms with Gasteiger partial charge in [-0.1, -0.05) is 30.3 Å². The van der Waals surface area contributed by atoms with Gasteiger partial charge in [-0.25, -0.2) is 4.39 Å². The molecule has 6 nitrogen and oxygen atoms in total. The third-order valence-corrected chi connectivity index (χ3v) is 6.27. The average molecular weight is 404 g/mol. The molecule has 0 saturated carbocycles. The third kappa shape index (κ3) is 2.51. The van der Waals surface area contributed by atoms with Crippen LogP contribution in [0.5, 0.6) is 0 Å². The van der Waals surface area contributed by atoms with E-state index in [1.807, 2.05) is 31.2 Å². The van der Waals surface area contributed by atoms with Crippen LogP contribution in [0.4, 0.5) is 10.1 Å². The zero-order valence-corrected chi connectivity index (χ0v) is 16.5. The first-order valence-electron chi connectivity index (χ1n) is 10.1. The molecule has 0 radical (unpaired) electrons. The van der Waals surface area contributed by atoms with E-state index in [4.69, 9.17) is 0 Å². The highest BCUT2D eigenvalue weighted by Gasteiger charge is 2.59. The minimum absolute atomic E-state index is 0.127. The largest absolute Gasteiger partial charge is 0.329 e. The Hall–Kier alpha value is -3.48. The molecule has 2 atom stereocenters. The van der Waals surface area contributed by atoms with E-state index in [1.165, 1.54) is 12.1 Å². The van der Waals surface area contributed by atoms with E-state index in [9.17, 15) is 14.0 Å². The third-order valence-electron chi connectivity index (χ3n) is 6.27. The molecule has 1 spiro atoms. The number of nitrogens with zero attached hydrogens (tertiary/aromatic N) is 3. The second-order valence-corrected chi connectivity index (χ2v) is 7.71. The van der Waals surface area contributed by atoms with Crippen LogP contribution in [0.1, 0.15) is 41.0 Å². The average Bonchev–Trinajstić information content (AvgIpc) is 3.46. The highest BCUT2D eigenvalue weighted by molar-refractivity contribution is 6.08. The van der Waals surface area contributed by atoms with Crippen LogP contribution in [-0.4, -0.2) is 33.0 Å². The molecule has 1 aromatic heterocycles. The summed E-state index contributed by atoms with van der Waals surface area (Å²) in [4.78, 5) is 28.6. The molecule has 152 valence electrons. The Labute approximate surface area is 173 Å². The Morgan fingerprint density at radius 1 is 1.20 bits per heavy atom. The van der Waals surface area contributed by atoms with Crippen molar-refractivity contribution in [2.24, 2.45) is 0 Å². The molecule has 0 unspecified atom stereocenters. The van der Waals surface area contributed by atoms with Crippen LogP contribution in [0.25, 0.3) is 0 Å². The number of aryl methyl sites for hydroxylation is 1. The van der Waals surface area contributed by atoms with E-state index in [-0.39, 0.29) is 17.6 Å². The van der Waals surface area contributed by atoms with E-state index in [0.29, 0.717) is 25.2 Å². The van der Waals surface area contributed by atoms with Gasteiger partial charge in [0, 0.05) is 25.0 Å². The summed E-state index contributed by atoms with van der Waals surface area (Å²) < 4.78 is 15.3. The number of hydrogen-bond donors (Lipinski definition) is 1. The number of carbonyl (C=O) groups excluding carboxylic acids is 2. The number of carbonyl (C=O) groups is 2. The number of halogens is 1. The summed E-state index contributed by atoms with van der Waals surface area (Å²) in [6.07, 6.45) is 2.09. The van der Waals surface area contributed by atoms with Gasteiger partial charge in [0.25, 0.3) is 5.91 Å². The first-order chi connectivity index (χ1) is 14.6. The quantitative estimate of drug-likeness (QED) is 0.726. The molecule has 2 aliphatic heterocycles. The monoisotopic (exact) mass is 404 g/mol. The standard InChI is InChI=1S/C23H21FN4O2/c1-2-28-19(11-13-25-28)21(29)27-14-12-23(20(27)15-7-9-16(24)10-8-15)17-5-3-4-6-18(17)26-22(23)30/h3-11,13,20H,2,12,14H2,1H3,(H,26,30)/t20-,23+/m0/s1. The predicted molar refractivity (Wildman–Crippen MR) is 109 cm³/mol. The van der Waals surface area contributed by atoms with E-state index in [1.54, 1.807) is 34.0 Å². The van der Waals surface area contributed by atoms with Crippen molar-refractivity contribution in [3.8, 4) is 0 Å². The number of amides is 2. The molecule has 1 fully saturated rings. The molecule has 0 bridgehead atoms. The Morgan fingerprint density at radius 3 is 2.73 bits per heavy atom. The molecule has 5 rings (SSSR count). The predicted octanol–water partition coefficient (Wildman–Crippen LogP) is 3.52. The van der Waals surface area contributed by atoms with Crippen LogP contribution in [0, 0.1) is 5.82 Å². The van der Waals surface area contributed by atoms with E-state index in [0.717, 1.165) is 16.8 Å². The van der Waals surface area contributed by atoms with Gasteiger partial charge in [0.1, 0.15) is 16.9 Å². The van der Waals surface area contributed by atoms with Crippen LogP contribution in [0.3, 0.4) is 0 Å². The molecular formula is C23H21FN4O2. The fourth-order valence-electron chi connectivity index (χ4n) is 4.93. The number of hydrogen-bond acceptors (Lipinski definition) is 3. The summed E-state index contributed by atoms with van der Waals surface area (Å²) in [5.41, 5.74) is 1.94. The fraction of sp³-hybridized carbons (Fsp3) is 0.261. The number of para-hydroxylation sites is 1. The van der Waals surface area contributed by atoms with Gasteiger partial charge in [-0.15, -0.1) is 0 Å². The van der Waals surface area contributed by atoms with Crippen LogP contribution in [-0.2, 0) is 16.8 Å².